The lowest BCUT2D eigenvalue weighted by Crippen LogP contribution is -2.41. The molecule has 0 amide bonds. The van der Waals surface area contributed by atoms with Crippen LogP contribution in [0.5, 0.6) is 0 Å². The first-order valence-electron chi connectivity index (χ1n) is 8.54. The standard InChI is InChI=1S/C18H32N2O2S/c1-6-19(7-2)12-13-20(14-16(3)4)23(21,22)15-18-11-9-8-10-17(18)5/h8-11,16H,6-7,12-15H2,1-5H3. The molecule has 0 N–H and O–H groups in total. The van der Waals surface area contributed by atoms with Crippen LogP contribution in [0.2, 0.25) is 0 Å². The van der Waals surface area contributed by atoms with Crippen LogP contribution < -0.4 is 0 Å². The number of nitrogens with zero attached hydrogens (tertiary/aromatic N) is 2. The van der Waals surface area contributed by atoms with Crippen molar-refractivity contribution in [2.75, 3.05) is 32.7 Å². The van der Waals surface area contributed by atoms with E-state index in [-0.39, 0.29) is 5.75 Å². The average Bonchev–Trinajstić information content (AvgIpc) is 2.48. The Labute approximate surface area is 142 Å². The van der Waals surface area contributed by atoms with Gasteiger partial charge in [-0.3, -0.25) is 0 Å². The van der Waals surface area contributed by atoms with Crippen molar-refractivity contribution in [1.82, 2.24) is 9.21 Å². The van der Waals surface area contributed by atoms with Gasteiger partial charge in [0.2, 0.25) is 10.0 Å². The van der Waals surface area contributed by atoms with E-state index in [9.17, 15) is 8.42 Å². The number of likely N-dealkylation sites (N-methyl/N-ethyl adjacent to an activating group) is 1. The van der Waals surface area contributed by atoms with Gasteiger partial charge in [-0.15, -0.1) is 0 Å². The van der Waals surface area contributed by atoms with Crippen LogP contribution in [-0.2, 0) is 15.8 Å². The average molecular weight is 341 g/mol. The highest BCUT2D eigenvalue weighted by atomic mass is 32.2. The monoisotopic (exact) mass is 340 g/mol. The Morgan fingerprint density at radius 1 is 1.04 bits per heavy atom. The Kier molecular flexibility index (Phi) is 8.23. The van der Waals surface area contributed by atoms with E-state index < -0.39 is 10.0 Å². The minimum Gasteiger partial charge on any atom is -0.303 e. The van der Waals surface area contributed by atoms with Gasteiger partial charge >= 0.3 is 0 Å². The summed E-state index contributed by atoms with van der Waals surface area (Å²) in [6, 6.07) is 7.72. The van der Waals surface area contributed by atoms with Gasteiger partial charge in [-0.05, 0) is 37.1 Å². The van der Waals surface area contributed by atoms with E-state index in [0.717, 1.165) is 30.8 Å². The van der Waals surface area contributed by atoms with E-state index in [1.54, 1.807) is 4.31 Å². The van der Waals surface area contributed by atoms with Gasteiger partial charge in [0.25, 0.3) is 0 Å². The topological polar surface area (TPSA) is 40.6 Å². The van der Waals surface area contributed by atoms with E-state index in [1.165, 1.54) is 0 Å². The molecule has 0 saturated carbocycles. The Hall–Kier alpha value is -0.910. The van der Waals surface area contributed by atoms with Gasteiger partial charge in [-0.1, -0.05) is 52.0 Å². The molecule has 0 heterocycles. The highest BCUT2D eigenvalue weighted by Crippen LogP contribution is 2.16. The molecule has 0 aliphatic rings. The molecule has 1 rings (SSSR count). The van der Waals surface area contributed by atoms with Gasteiger partial charge in [-0.25, -0.2) is 12.7 Å². The fourth-order valence-corrected chi connectivity index (χ4v) is 4.39. The summed E-state index contributed by atoms with van der Waals surface area (Å²) in [6.45, 7) is 14.1. The summed E-state index contributed by atoms with van der Waals surface area (Å²) in [5.41, 5.74) is 1.92. The molecule has 0 aliphatic carbocycles. The van der Waals surface area contributed by atoms with Crippen LogP contribution in [0.3, 0.4) is 0 Å². The minimum absolute atomic E-state index is 0.0879. The third-order valence-corrected chi connectivity index (χ3v) is 5.92. The van der Waals surface area contributed by atoms with Gasteiger partial charge < -0.3 is 4.90 Å². The smallest absolute Gasteiger partial charge is 0.218 e. The fraction of sp³-hybridized carbons (Fsp3) is 0.667. The van der Waals surface area contributed by atoms with Crippen LogP contribution in [0.4, 0.5) is 0 Å². The largest absolute Gasteiger partial charge is 0.303 e. The molecule has 0 fully saturated rings. The Morgan fingerprint density at radius 2 is 1.65 bits per heavy atom. The maximum absolute atomic E-state index is 12.9. The zero-order valence-electron chi connectivity index (χ0n) is 15.2. The summed E-state index contributed by atoms with van der Waals surface area (Å²) < 4.78 is 27.4. The molecular formula is C18H32N2O2S. The van der Waals surface area contributed by atoms with Crippen LogP contribution in [0.15, 0.2) is 24.3 Å². The van der Waals surface area contributed by atoms with Crippen molar-refractivity contribution >= 4 is 10.0 Å². The third-order valence-electron chi connectivity index (χ3n) is 4.12. The maximum Gasteiger partial charge on any atom is 0.218 e. The Balaban J connectivity index is 2.88. The summed E-state index contributed by atoms with van der Waals surface area (Å²) >= 11 is 0. The molecule has 1 aromatic carbocycles. The first kappa shape index (κ1) is 20.1. The highest BCUT2D eigenvalue weighted by Gasteiger charge is 2.24. The second kappa shape index (κ2) is 9.40. The number of aryl methyl sites for hydroxylation is 1. The van der Waals surface area contributed by atoms with Crippen LogP contribution >= 0.6 is 0 Å². The first-order chi connectivity index (χ1) is 10.8. The van der Waals surface area contributed by atoms with Crippen molar-refractivity contribution in [3.63, 3.8) is 0 Å². The predicted octanol–water partition coefficient (Wildman–Crippen LogP) is 3.12. The van der Waals surface area contributed by atoms with Crippen LogP contribution in [0.25, 0.3) is 0 Å². The molecule has 23 heavy (non-hydrogen) atoms. The zero-order valence-corrected chi connectivity index (χ0v) is 16.1. The summed E-state index contributed by atoms with van der Waals surface area (Å²) in [5.74, 6) is 0.406. The van der Waals surface area contributed by atoms with Crippen LogP contribution in [0, 0.1) is 12.8 Å². The van der Waals surface area contributed by atoms with Crippen LogP contribution in [-0.4, -0.2) is 50.3 Å². The number of hydrogen-bond donors (Lipinski definition) is 0. The molecule has 0 saturated heterocycles. The number of sulfonamides is 1. The molecule has 0 aromatic heterocycles. The molecule has 0 aliphatic heterocycles. The van der Waals surface area contributed by atoms with Gasteiger partial charge in [0, 0.05) is 19.6 Å². The van der Waals surface area contributed by atoms with E-state index in [2.05, 4.69) is 32.6 Å². The molecular weight excluding hydrogens is 308 g/mol. The van der Waals surface area contributed by atoms with E-state index in [0.29, 0.717) is 19.0 Å². The van der Waals surface area contributed by atoms with Gasteiger partial charge in [0.15, 0.2) is 0 Å². The van der Waals surface area contributed by atoms with Crippen LogP contribution in [0.1, 0.15) is 38.8 Å². The lowest BCUT2D eigenvalue weighted by atomic mass is 10.1. The SMILES string of the molecule is CCN(CC)CCN(CC(C)C)S(=O)(=O)Cc1ccccc1C. The predicted molar refractivity (Wildman–Crippen MR) is 98.0 cm³/mol. The molecule has 132 valence electrons. The summed E-state index contributed by atoms with van der Waals surface area (Å²) in [6.07, 6.45) is 0. The van der Waals surface area contributed by atoms with Gasteiger partial charge in [0.1, 0.15) is 0 Å². The second-order valence-corrected chi connectivity index (χ2v) is 8.43. The minimum atomic E-state index is -3.30. The molecule has 0 bridgehead atoms. The maximum atomic E-state index is 12.9. The van der Waals surface area contributed by atoms with Crippen molar-refractivity contribution in [3.05, 3.63) is 35.4 Å². The van der Waals surface area contributed by atoms with Gasteiger partial charge in [-0.2, -0.15) is 0 Å². The normalized spacial score (nSPS) is 12.5. The van der Waals surface area contributed by atoms with E-state index >= 15 is 0 Å². The van der Waals surface area contributed by atoms with Crippen molar-refractivity contribution in [3.8, 4) is 0 Å². The quantitative estimate of drug-likeness (QED) is 0.657. The zero-order chi connectivity index (χ0) is 17.5. The summed E-state index contributed by atoms with van der Waals surface area (Å²) in [7, 11) is -3.30. The molecule has 1 aromatic rings. The fourth-order valence-electron chi connectivity index (χ4n) is 2.60. The molecule has 0 unspecified atom stereocenters. The van der Waals surface area contributed by atoms with Gasteiger partial charge in [0.05, 0.1) is 5.75 Å². The van der Waals surface area contributed by atoms with Crippen molar-refractivity contribution < 1.29 is 8.42 Å². The third kappa shape index (κ3) is 6.61. The second-order valence-electron chi connectivity index (χ2n) is 6.46. The van der Waals surface area contributed by atoms with E-state index in [1.807, 2.05) is 31.2 Å². The van der Waals surface area contributed by atoms with E-state index in [4.69, 9.17) is 0 Å². The Morgan fingerprint density at radius 3 is 2.17 bits per heavy atom. The first-order valence-corrected chi connectivity index (χ1v) is 10.2. The lowest BCUT2D eigenvalue weighted by Gasteiger charge is -2.27. The molecule has 4 nitrogen and oxygen atoms in total. The highest BCUT2D eigenvalue weighted by molar-refractivity contribution is 7.88. The molecule has 0 atom stereocenters. The Bertz CT molecular complexity index is 566. The number of rotatable bonds is 10. The molecule has 0 radical (unpaired) electrons. The molecule has 5 heteroatoms. The summed E-state index contributed by atoms with van der Waals surface area (Å²) in [4.78, 5) is 2.26. The lowest BCUT2D eigenvalue weighted by molar-refractivity contribution is 0.262. The summed E-state index contributed by atoms with van der Waals surface area (Å²) in [5, 5.41) is 0. The van der Waals surface area contributed by atoms with Crippen molar-refractivity contribution in [2.45, 2.75) is 40.4 Å². The van der Waals surface area contributed by atoms with Crippen molar-refractivity contribution in [2.24, 2.45) is 5.92 Å². The molecule has 0 spiro atoms. The number of hydrogen-bond acceptors (Lipinski definition) is 3. The number of benzene rings is 1. The van der Waals surface area contributed by atoms with Crippen molar-refractivity contribution in [1.29, 1.82) is 0 Å².